The number of hydrogen-bond donors (Lipinski definition) is 2. The Morgan fingerprint density at radius 3 is 2.60 bits per heavy atom. The minimum atomic E-state index is -0.919. The molecule has 2 amide bonds. The van der Waals surface area contributed by atoms with E-state index in [1.807, 2.05) is 24.3 Å². The van der Waals surface area contributed by atoms with Crippen LogP contribution in [0.3, 0.4) is 0 Å². The molecule has 2 aromatic rings. The first-order valence-corrected chi connectivity index (χ1v) is 8.74. The van der Waals surface area contributed by atoms with E-state index in [0.717, 1.165) is 36.6 Å². The van der Waals surface area contributed by atoms with Gasteiger partial charge in [-0.3, -0.25) is 14.6 Å². The molecule has 25 heavy (non-hydrogen) atoms. The normalized spacial score (nSPS) is 16.3. The van der Waals surface area contributed by atoms with E-state index in [-0.39, 0.29) is 5.91 Å². The Morgan fingerprint density at radius 1 is 1.16 bits per heavy atom. The highest BCUT2D eigenvalue weighted by atomic mass is 16.3. The molecular formula is C19H23N3O3. The highest BCUT2D eigenvalue weighted by Gasteiger charge is 2.26. The summed E-state index contributed by atoms with van der Waals surface area (Å²) in [5, 5.41) is 13.1. The van der Waals surface area contributed by atoms with Crippen molar-refractivity contribution in [3.8, 4) is 0 Å². The van der Waals surface area contributed by atoms with Gasteiger partial charge in [-0.15, -0.1) is 0 Å². The molecule has 1 fully saturated rings. The third-order valence-corrected chi connectivity index (χ3v) is 4.56. The fourth-order valence-electron chi connectivity index (χ4n) is 3.13. The Bertz CT molecular complexity index is 754. The molecule has 2 heterocycles. The summed E-state index contributed by atoms with van der Waals surface area (Å²) in [5.74, 6) is -0.619. The molecule has 0 saturated carbocycles. The number of aromatic nitrogens is 1. The van der Waals surface area contributed by atoms with E-state index in [1.54, 1.807) is 11.0 Å². The van der Waals surface area contributed by atoms with E-state index in [4.69, 9.17) is 0 Å². The van der Waals surface area contributed by atoms with E-state index >= 15 is 0 Å². The summed E-state index contributed by atoms with van der Waals surface area (Å²) in [6.45, 7) is 0.952. The second-order valence-corrected chi connectivity index (χ2v) is 6.36. The number of hydrogen-bond acceptors (Lipinski definition) is 4. The molecule has 0 spiro atoms. The van der Waals surface area contributed by atoms with Crippen LogP contribution in [0.4, 0.5) is 0 Å². The average Bonchev–Trinajstić information content (AvgIpc) is 2.94. The maximum atomic E-state index is 12.6. The summed E-state index contributed by atoms with van der Waals surface area (Å²) in [6.07, 6.45) is 5.65. The van der Waals surface area contributed by atoms with Crippen LogP contribution in [-0.4, -0.2) is 52.5 Å². The van der Waals surface area contributed by atoms with Crippen LogP contribution in [-0.2, 0) is 4.79 Å². The number of nitrogens with zero attached hydrogens (tertiary/aromatic N) is 2. The standard InChI is InChI=1S/C19H23N3O3/c23-13-17(19(25)22-9-5-1-2-6-10-22)21-18(24)15-11-14-7-3-4-8-16(14)20-12-15/h3-4,7-8,11-12,17,23H,1-2,5-6,9-10,13H2,(H,21,24)/t17-/m0/s1. The summed E-state index contributed by atoms with van der Waals surface area (Å²) < 4.78 is 0. The van der Waals surface area contributed by atoms with Crippen molar-refractivity contribution >= 4 is 22.7 Å². The van der Waals surface area contributed by atoms with Crippen LogP contribution in [0.25, 0.3) is 10.9 Å². The number of amides is 2. The molecule has 132 valence electrons. The highest BCUT2D eigenvalue weighted by molar-refractivity contribution is 5.99. The van der Waals surface area contributed by atoms with Crippen molar-refractivity contribution in [2.24, 2.45) is 0 Å². The minimum absolute atomic E-state index is 0.216. The minimum Gasteiger partial charge on any atom is -0.394 e. The first-order valence-electron chi connectivity index (χ1n) is 8.74. The van der Waals surface area contributed by atoms with Crippen molar-refractivity contribution in [2.45, 2.75) is 31.7 Å². The fourth-order valence-corrected chi connectivity index (χ4v) is 3.13. The van der Waals surface area contributed by atoms with Gasteiger partial charge in [-0.25, -0.2) is 0 Å². The number of pyridine rings is 1. The van der Waals surface area contributed by atoms with Crippen LogP contribution in [0, 0.1) is 0 Å². The van der Waals surface area contributed by atoms with Crippen molar-refractivity contribution in [2.75, 3.05) is 19.7 Å². The van der Waals surface area contributed by atoms with Gasteiger partial charge >= 0.3 is 0 Å². The second-order valence-electron chi connectivity index (χ2n) is 6.36. The number of fused-ring (bicyclic) bond motifs is 1. The molecule has 1 aliphatic heterocycles. The number of aliphatic hydroxyl groups excluding tert-OH is 1. The zero-order chi connectivity index (χ0) is 17.6. The lowest BCUT2D eigenvalue weighted by molar-refractivity contribution is -0.134. The topological polar surface area (TPSA) is 82.5 Å². The second kappa shape index (κ2) is 8.07. The molecule has 0 radical (unpaired) electrons. The molecular weight excluding hydrogens is 318 g/mol. The molecule has 6 heteroatoms. The summed E-state index contributed by atoms with van der Waals surface area (Å²) in [5.41, 5.74) is 1.18. The molecule has 0 bridgehead atoms. The van der Waals surface area contributed by atoms with Gasteiger partial charge < -0.3 is 15.3 Å². The maximum Gasteiger partial charge on any atom is 0.253 e. The van der Waals surface area contributed by atoms with Crippen LogP contribution in [0.1, 0.15) is 36.0 Å². The number of carbonyl (C=O) groups is 2. The maximum absolute atomic E-state index is 12.6. The number of carbonyl (C=O) groups excluding carboxylic acids is 2. The third-order valence-electron chi connectivity index (χ3n) is 4.56. The fraction of sp³-hybridized carbons (Fsp3) is 0.421. The molecule has 1 atom stereocenters. The van der Waals surface area contributed by atoms with Gasteiger partial charge in [0.15, 0.2) is 0 Å². The van der Waals surface area contributed by atoms with Crippen LogP contribution < -0.4 is 5.32 Å². The number of rotatable bonds is 4. The molecule has 6 nitrogen and oxygen atoms in total. The van der Waals surface area contributed by atoms with Gasteiger partial charge in [-0.1, -0.05) is 31.0 Å². The molecule has 3 rings (SSSR count). The monoisotopic (exact) mass is 341 g/mol. The number of likely N-dealkylation sites (tertiary alicyclic amines) is 1. The van der Waals surface area contributed by atoms with Gasteiger partial charge in [0.2, 0.25) is 5.91 Å². The summed E-state index contributed by atoms with van der Waals surface area (Å²) >= 11 is 0. The lowest BCUT2D eigenvalue weighted by Gasteiger charge is -2.25. The molecule has 1 saturated heterocycles. The van der Waals surface area contributed by atoms with E-state index in [0.29, 0.717) is 18.7 Å². The number of para-hydroxylation sites is 1. The first kappa shape index (κ1) is 17.4. The summed E-state index contributed by atoms with van der Waals surface area (Å²) in [7, 11) is 0. The lowest BCUT2D eigenvalue weighted by Crippen LogP contribution is -2.50. The van der Waals surface area contributed by atoms with Gasteiger partial charge in [0.05, 0.1) is 17.7 Å². The largest absolute Gasteiger partial charge is 0.394 e. The smallest absolute Gasteiger partial charge is 0.253 e. The highest BCUT2D eigenvalue weighted by Crippen LogP contribution is 2.14. The summed E-state index contributed by atoms with van der Waals surface area (Å²) in [4.78, 5) is 31.1. The Balaban J connectivity index is 1.71. The van der Waals surface area contributed by atoms with E-state index < -0.39 is 18.6 Å². The van der Waals surface area contributed by atoms with Crippen molar-refractivity contribution in [3.05, 3.63) is 42.1 Å². The quantitative estimate of drug-likeness (QED) is 0.887. The predicted molar refractivity (Wildman–Crippen MR) is 95.1 cm³/mol. The number of benzene rings is 1. The number of nitrogens with one attached hydrogen (secondary N) is 1. The van der Waals surface area contributed by atoms with Gasteiger partial charge in [-0.2, -0.15) is 0 Å². The van der Waals surface area contributed by atoms with Crippen molar-refractivity contribution < 1.29 is 14.7 Å². The van der Waals surface area contributed by atoms with Crippen LogP contribution in [0.5, 0.6) is 0 Å². The van der Waals surface area contributed by atoms with Gasteiger partial charge in [-0.05, 0) is 25.0 Å². The number of aliphatic hydroxyl groups is 1. The lowest BCUT2D eigenvalue weighted by atomic mass is 10.1. The zero-order valence-electron chi connectivity index (χ0n) is 14.1. The van der Waals surface area contributed by atoms with Gasteiger partial charge in [0.25, 0.3) is 5.91 Å². The van der Waals surface area contributed by atoms with Crippen molar-refractivity contribution in [3.63, 3.8) is 0 Å². The Hall–Kier alpha value is -2.47. The van der Waals surface area contributed by atoms with Crippen LogP contribution >= 0.6 is 0 Å². The third kappa shape index (κ3) is 4.14. The van der Waals surface area contributed by atoms with Crippen molar-refractivity contribution in [1.82, 2.24) is 15.2 Å². The Kier molecular flexibility index (Phi) is 5.60. The molecule has 1 aliphatic rings. The molecule has 2 N–H and O–H groups in total. The summed E-state index contributed by atoms with van der Waals surface area (Å²) in [6, 6.07) is 8.34. The Morgan fingerprint density at radius 2 is 1.88 bits per heavy atom. The van der Waals surface area contributed by atoms with Crippen molar-refractivity contribution in [1.29, 1.82) is 0 Å². The molecule has 1 aromatic carbocycles. The molecule has 0 unspecified atom stereocenters. The van der Waals surface area contributed by atoms with Gasteiger partial charge in [0, 0.05) is 24.7 Å². The zero-order valence-corrected chi connectivity index (χ0v) is 14.1. The molecule has 0 aliphatic carbocycles. The molecule has 1 aromatic heterocycles. The average molecular weight is 341 g/mol. The van der Waals surface area contributed by atoms with Gasteiger partial charge in [0.1, 0.15) is 6.04 Å². The Labute approximate surface area is 146 Å². The van der Waals surface area contributed by atoms with E-state index in [1.165, 1.54) is 6.20 Å². The van der Waals surface area contributed by atoms with E-state index in [2.05, 4.69) is 10.3 Å². The SMILES string of the molecule is O=C(N[C@@H](CO)C(=O)N1CCCCCC1)c1cnc2ccccc2c1. The van der Waals surface area contributed by atoms with Crippen LogP contribution in [0.2, 0.25) is 0 Å². The first-order chi connectivity index (χ1) is 12.2. The van der Waals surface area contributed by atoms with Crippen LogP contribution in [0.15, 0.2) is 36.5 Å². The predicted octanol–water partition coefficient (Wildman–Crippen LogP) is 1.73. The van der Waals surface area contributed by atoms with E-state index in [9.17, 15) is 14.7 Å².